The van der Waals surface area contributed by atoms with Gasteiger partial charge in [0.2, 0.25) is 0 Å². The maximum absolute atomic E-state index is 9.38. The number of hydrogen-bond acceptors (Lipinski definition) is 4. The van der Waals surface area contributed by atoms with Gasteiger partial charge in [-0.1, -0.05) is 18.2 Å². The summed E-state index contributed by atoms with van der Waals surface area (Å²) in [6.07, 6.45) is 3.37. The number of nitrogens with zero attached hydrogens (tertiary/aromatic N) is 2. The SMILES string of the molecule is CC(C)Oc1cccc(/C(N)=C(/C#N)c2cccnc2)c1. The number of nitrogens with two attached hydrogens (primary N) is 1. The van der Waals surface area contributed by atoms with Gasteiger partial charge in [0.25, 0.3) is 0 Å². The number of benzene rings is 1. The Hall–Kier alpha value is -2.80. The molecule has 0 unspecified atom stereocenters. The van der Waals surface area contributed by atoms with Crippen LogP contribution in [0.5, 0.6) is 5.75 Å². The van der Waals surface area contributed by atoms with Crippen LogP contribution in [0.1, 0.15) is 25.0 Å². The Bertz CT molecular complexity index is 685. The Balaban J connectivity index is 2.44. The summed E-state index contributed by atoms with van der Waals surface area (Å²) in [7, 11) is 0. The summed E-state index contributed by atoms with van der Waals surface area (Å²) in [4.78, 5) is 4.02. The summed E-state index contributed by atoms with van der Waals surface area (Å²) in [5.74, 6) is 0.730. The molecule has 2 rings (SSSR count). The van der Waals surface area contributed by atoms with E-state index in [1.165, 1.54) is 0 Å². The number of aromatic nitrogens is 1. The van der Waals surface area contributed by atoms with E-state index in [1.54, 1.807) is 18.5 Å². The summed E-state index contributed by atoms with van der Waals surface area (Å²) in [5.41, 5.74) is 8.44. The Morgan fingerprint density at radius 2 is 2.00 bits per heavy atom. The van der Waals surface area contributed by atoms with Crippen LogP contribution in [-0.2, 0) is 0 Å². The molecule has 106 valence electrons. The van der Waals surface area contributed by atoms with E-state index in [-0.39, 0.29) is 6.10 Å². The minimum absolute atomic E-state index is 0.0826. The number of allylic oxidation sites excluding steroid dienone is 1. The van der Waals surface area contributed by atoms with Crippen LogP contribution in [0.3, 0.4) is 0 Å². The first-order valence-corrected chi connectivity index (χ1v) is 6.69. The fraction of sp³-hybridized carbons (Fsp3) is 0.176. The van der Waals surface area contributed by atoms with Crippen molar-refractivity contribution in [3.05, 3.63) is 59.9 Å². The van der Waals surface area contributed by atoms with Gasteiger partial charge < -0.3 is 10.5 Å². The fourth-order valence-electron chi connectivity index (χ4n) is 1.94. The molecule has 0 aliphatic carbocycles. The molecule has 0 bridgehead atoms. The summed E-state index contributed by atoms with van der Waals surface area (Å²) < 4.78 is 5.65. The van der Waals surface area contributed by atoms with Crippen LogP contribution in [0.4, 0.5) is 0 Å². The predicted octanol–water partition coefficient (Wildman–Crippen LogP) is 3.22. The van der Waals surface area contributed by atoms with Crippen LogP contribution in [0.15, 0.2) is 48.8 Å². The van der Waals surface area contributed by atoms with Gasteiger partial charge in [-0.3, -0.25) is 4.98 Å². The molecule has 0 radical (unpaired) electrons. The monoisotopic (exact) mass is 279 g/mol. The molecule has 2 N–H and O–H groups in total. The molecule has 0 atom stereocenters. The van der Waals surface area contributed by atoms with E-state index in [4.69, 9.17) is 10.5 Å². The Kier molecular flexibility index (Phi) is 4.57. The molecule has 1 aromatic carbocycles. The van der Waals surface area contributed by atoms with E-state index in [0.717, 1.165) is 11.3 Å². The van der Waals surface area contributed by atoms with Crippen LogP contribution in [0.25, 0.3) is 11.3 Å². The third-order valence-electron chi connectivity index (χ3n) is 2.85. The highest BCUT2D eigenvalue weighted by molar-refractivity contribution is 5.95. The molecule has 0 aliphatic rings. The minimum atomic E-state index is 0.0826. The van der Waals surface area contributed by atoms with E-state index in [2.05, 4.69) is 11.1 Å². The number of nitriles is 1. The van der Waals surface area contributed by atoms with Gasteiger partial charge in [-0.05, 0) is 32.0 Å². The highest BCUT2D eigenvalue weighted by Crippen LogP contribution is 2.24. The van der Waals surface area contributed by atoms with E-state index in [1.807, 2.05) is 44.2 Å². The average Bonchev–Trinajstić information content (AvgIpc) is 2.48. The molecule has 0 aliphatic heterocycles. The van der Waals surface area contributed by atoms with Crippen molar-refractivity contribution in [3.8, 4) is 11.8 Å². The topological polar surface area (TPSA) is 71.9 Å². The van der Waals surface area contributed by atoms with Gasteiger partial charge in [-0.15, -0.1) is 0 Å². The van der Waals surface area contributed by atoms with E-state index in [0.29, 0.717) is 16.8 Å². The molecule has 2 aromatic rings. The molecule has 1 aromatic heterocycles. The van der Waals surface area contributed by atoms with Gasteiger partial charge in [-0.25, -0.2) is 0 Å². The summed E-state index contributed by atoms with van der Waals surface area (Å²) in [6.45, 7) is 3.92. The fourth-order valence-corrected chi connectivity index (χ4v) is 1.94. The van der Waals surface area contributed by atoms with Gasteiger partial charge in [0.15, 0.2) is 0 Å². The average molecular weight is 279 g/mol. The molecule has 0 spiro atoms. The third-order valence-corrected chi connectivity index (χ3v) is 2.85. The zero-order valence-corrected chi connectivity index (χ0v) is 12.1. The second-order valence-corrected chi connectivity index (χ2v) is 4.84. The lowest BCUT2D eigenvalue weighted by molar-refractivity contribution is 0.242. The van der Waals surface area contributed by atoms with Crippen molar-refractivity contribution >= 4 is 11.3 Å². The van der Waals surface area contributed by atoms with E-state index in [9.17, 15) is 5.26 Å². The van der Waals surface area contributed by atoms with E-state index < -0.39 is 0 Å². The molecule has 21 heavy (non-hydrogen) atoms. The first-order valence-electron chi connectivity index (χ1n) is 6.69. The number of ether oxygens (including phenoxy) is 1. The van der Waals surface area contributed by atoms with E-state index >= 15 is 0 Å². The lowest BCUT2D eigenvalue weighted by Crippen LogP contribution is -2.06. The maximum Gasteiger partial charge on any atom is 0.120 e. The van der Waals surface area contributed by atoms with Gasteiger partial charge in [0, 0.05) is 23.5 Å². The first kappa shape index (κ1) is 14.6. The molecular formula is C17H17N3O. The van der Waals surface area contributed by atoms with Gasteiger partial charge in [0.1, 0.15) is 11.8 Å². The van der Waals surface area contributed by atoms with Crippen molar-refractivity contribution in [2.45, 2.75) is 20.0 Å². The molecule has 4 heteroatoms. The summed E-state index contributed by atoms with van der Waals surface area (Å²) >= 11 is 0. The van der Waals surface area contributed by atoms with Crippen molar-refractivity contribution in [2.24, 2.45) is 5.73 Å². The summed E-state index contributed by atoms with van der Waals surface area (Å²) in [5, 5.41) is 9.38. The second-order valence-electron chi connectivity index (χ2n) is 4.84. The maximum atomic E-state index is 9.38. The normalized spacial score (nSPS) is 11.7. The predicted molar refractivity (Wildman–Crippen MR) is 83.1 cm³/mol. The van der Waals surface area contributed by atoms with Crippen molar-refractivity contribution in [3.63, 3.8) is 0 Å². The zero-order valence-electron chi connectivity index (χ0n) is 12.1. The number of rotatable bonds is 4. The largest absolute Gasteiger partial charge is 0.491 e. The first-order chi connectivity index (χ1) is 10.1. The smallest absolute Gasteiger partial charge is 0.120 e. The minimum Gasteiger partial charge on any atom is -0.491 e. The number of pyridine rings is 1. The van der Waals surface area contributed by atoms with Crippen molar-refractivity contribution in [1.82, 2.24) is 4.98 Å². The van der Waals surface area contributed by atoms with Crippen LogP contribution in [-0.4, -0.2) is 11.1 Å². The van der Waals surface area contributed by atoms with Crippen LogP contribution in [0, 0.1) is 11.3 Å². The third kappa shape index (κ3) is 3.61. The lowest BCUT2D eigenvalue weighted by atomic mass is 10.0. The highest BCUT2D eigenvalue weighted by Gasteiger charge is 2.09. The lowest BCUT2D eigenvalue weighted by Gasteiger charge is -2.12. The zero-order chi connectivity index (χ0) is 15.2. The molecule has 4 nitrogen and oxygen atoms in total. The highest BCUT2D eigenvalue weighted by atomic mass is 16.5. The van der Waals surface area contributed by atoms with Gasteiger partial charge in [-0.2, -0.15) is 5.26 Å². The summed E-state index contributed by atoms with van der Waals surface area (Å²) in [6, 6.07) is 13.2. The van der Waals surface area contributed by atoms with Crippen molar-refractivity contribution < 1.29 is 4.74 Å². The molecule has 0 fully saturated rings. The number of hydrogen-bond donors (Lipinski definition) is 1. The quantitative estimate of drug-likeness (QED) is 0.872. The molecule has 0 saturated carbocycles. The van der Waals surface area contributed by atoms with Crippen molar-refractivity contribution in [2.75, 3.05) is 0 Å². The van der Waals surface area contributed by atoms with Crippen LogP contribution < -0.4 is 10.5 Å². The Labute approximate surface area is 124 Å². The van der Waals surface area contributed by atoms with Crippen LogP contribution >= 0.6 is 0 Å². The Morgan fingerprint density at radius 3 is 2.62 bits per heavy atom. The van der Waals surface area contributed by atoms with Crippen LogP contribution in [0.2, 0.25) is 0 Å². The van der Waals surface area contributed by atoms with Gasteiger partial charge in [0.05, 0.1) is 17.4 Å². The molecule has 0 amide bonds. The molecule has 1 heterocycles. The molecular weight excluding hydrogens is 262 g/mol. The second kappa shape index (κ2) is 6.58. The Morgan fingerprint density at radius 1 is 1.24 bits per heavy atom. The molecule has 0 saturated heterocycles. The standard InChI is InChI=1S/C17H17N3O/c1-12(2)21-15-7-3-5-13(9-15)17(19)16(10-18)14-6-4-8-20-11-14/h3-9,11-12H,19H2,1-2H3/b17-16+. The van der Waals surface area contributed by atoms with Gasteiger partial charge >= 0.3 is 0 Å². The van der Waals surface area contributed by atoms with Crippen molar-refractivity contribution in [1.29, 1.82) is 5.26 Å².